The molecule has 1 aliphatic rings. The Bertz CT molecular complexity index is 1010. The molecule has 3 rings (SSSR count). The number of carbonyl (C=O) groups is 1. The van der Waals surface area contributed by atoms with Crippen molar-refractivity contribution in [1.29, 1.82) is 0 Å². The van der Waals surface area contributed by atoms with Gasteiger partial charge in [-0.25, -0.2) is 13.4 Å². The van der Waals surface area contributed by atoms with E-state index in [9.17, 15) is 13.2 Å². The number of nitrogens with one attached hydrogen (secondary N) is 1. The molecule has 0 atom stereocenters. The summed E-state index contributed by atoms with van der Waals surface area (Å²) in [5, 5.41) is 2.82. The second kappa shape index (κ2) is 11.8. The van der Waals surface area contributed by atoms with Crippen LogP contribution in [-0.2, 0) is 21.4 Å². The van der Waals surface area contributed by atoms with Crippen LogP contribution < -0.4 is 10.1 Å². The largest absolute Gasteiger partial charge is 0.477 e. The zero-order chi connectivity index (χ0) is 22.8. The monoisotopic (exact) mass is 457 g/mol. The first-order valence-electron chi connectivity index (χ1n) is 11.1. The smallest absolute Gasteiger partial charge is 0.244 e. The summed E-state index contributed by atoms with van der Waals surface area (Å²) in [6.07, 6.45) is 9.59. The Kier molecular flexibility index (Phi) is 8.81. The lowest BCUT2D eigenvalue weighted by molar-refractivity contribution is -0.116. The quantitative estimate of drug-likeness (QED) is 0.579. The van der Waals surface area contributed by atoms with Crippen molar-refractivity contribution in [2.75, 3.05) is 19.7 Å². The number of nitrogens with zero attached hydrogens (tertiary/aromatic N) is 2. The molecule has 2 aromatic rings. The zero-order valence-corrected chi connectivity index (χ0v) is 19.3. The van der Waals surface area contributed by atoms with Gasteiger partial charge in [-0.05, 0) is 49.1 Å². The van der Waals surface area contributed by atoms with Gasteiger partial charge in [0.05, 0.1) is 11.5 Å². The molecular formula is C24H31N3O4S. The molecule has 0 bridgehead atoms. The average Bonchev–Trinajstić information content (AvgIpc) is 3.11. The number of pyridine rings is 1. The fraction of sp³-hybridized carbons (Fsp3) is 0.417. The number of rotatable bonds is 9. The summed E-state index contributed by atoms with van der Waals surface area (Å²) in [5.74, 6) is 0.274. The standard InChI is InChI=1S/C24H31N3O4S/c1-2-18-31-24-21(8-7-15-25-24)19-26-23(28)14-11-20-9-12-22(13-10-20)32(29,30)27-16-5-3-4-6-17-27/h7-15H,2-6,16-19H2,1H3,(H,26,28)/b14-11+. The predicted octanol–water partition coefficient (Wildman–Crippen LogP) is 3.76. The number of carbonyl (C=O) groups excluding carboxylic acids is 1. The van der Waals surface area contributed by atoms with Gasteiger partial charge in [-0.1, -0.05) is 38.0 Å². The van der Waals surface area contributed by atoms with Gasteiger partial charge in [0.2, 0.25) is 21.8 Å². The van der Waals surface area contributed by atoms with Gasteiger partial charge in [-0.2, -0.15) is 4.31 Å². The minimum Gasteiger partial charge on any atom is -0.477 e. The Balaban J connectivity index is 1.57. The molecule has 1 saturated heterocycles. The van der Waals surface area contributed by atoms with Gasteiger partial charge in [0.15, 0.2) is 0 Å². The van der Waals surface area contributed by atoms with Crippen LogP contribution in [0, 0.1) is 0 Å². The number of aromatic nitrogens is 1. The molecule has 0 saturated carbocycles. The van der Waals surface area contributed by atoms with Gasteiger partial charge < -0.3 is 10.1 Å². The molecule has 0 spiro atoms. The highest BCUT2D eigenvalue weighted by Gasteiger charge is 2.24. The molecule has 7 nitrogen and oxygen atoms in total. The van der Waals surface area contributed by atoms with Crippen molar-refractivity contribution in [2.45, 2.75) is 50.5 Å². The van der Waals surface area contributed by atoms with Crippen molar-refractivity contribution in [3.05, 3.63) is 59.8 Å². The number of ether oxygens (including phenoxy) is 1. The molecule has 1 fully saturated rings. The Morgan fingerprint density at radius 1 is 1.12 bits per heavy atom. The first-order chi connectivity index (χ1) is 15.5. The van der Waals surface area contributed by atoms with Crippen molar-refractivity contribution in [3.63, 3.8) is 0 Å². The third-order valence-electron chi connectivity index (χ3n) is 5.26. The lowest BCUT2D eigenvalue weighted by atomic mass is 10.2. The summed E-state index contributed by atoms with van der Waals surface area (Å²) in [7, 11) is -3.47. The van der Waals surface area contributed by atoms with E-state index in [4.69, 9.17) is 4.74 Å². The molecule has 32 heavy (non-hydrogen) atoms. The minimum absolute atomic E-state index is 0.253. The molecular weight excluding hydrogens is 426 g/mol. The van der Waals surface area contributed by atoms with Gasteiger partial charge >= 0.3 is 0 Å². The fourth-order valence-corrected chi connectivity index (χ4v) is 5.00. The molecule has 1 aromatic heterocycles. The van der Waals surface area contributed by atoms with E-state index >= 15 is 0 Å². The summed E-state index contributed by atoms with van der Waals surface area (Å²) < 4.78 is 32.9. The molecule has 172 valence electrons. The van der Waals surface area contributed by atoms with Crippen LogP contribution in [0.2, 0.25) is 0 Å². The Morgan fingerprint density at radius 3 is 2.53 bits per heavy atom. The SMILES string of the molecule is CCCOc1ncccc1CNC(=O)/C=C/c1ccc(S(=O)(=O)N2CCCCCC2)cc1. The third-order valence-corrected chi connectivity index (χ3v) is 7.17. The highest BCUT2D eigenvalue weighted by atomic mass is 32.2. The van der Waals surface area contributed by atoms with E-state index in [0.717, 1.165) is 43.2 Å². The highest BCUT2D eigenvalue weighted by Crippen LogP contribution is 2.21. The fourth-order valence-electron chi connectivity index (χ4n) is 3.48. The first kappa shape index (κ1) is 23.9. The predicted molar refractivity (Wildman–Crippen MR) is 125 cm³/mol. The van der Waals surface area contributed by atoms with E-state index in [2.05, 4.69) is 10.3 Å². The minimum atomic E-state index is -3.47. The number of hydrogen-bond donors (Lipinski definition) is 1. The third kappa shape index (κ3) is 6.64. The molecule has 1 N–H and O–H groups in total. The van der Waals surface area contributed by atoms with Crippen LogP contribution in [0.3, 0.4) is 0 Å². The number of hydrogen-bond acceptors (Lipinski definition) is 5. The maximum absolute atomic E-state index is 12.9. The van der Waals surface area contributed by atoms with Crippen molar-refractivity contribution in [2.24, 2.45) is 0 Å². The van der Waals surface area contributed by atoms with E-state index in [1.54, 1.807) is 46.9 Å². The maximum Gasteiger partial charge on any atom is 0.244 e. The first-order valence-corrected chi connectivity index (χ1v) is 12.6. The summed E-state index contributed by atoms with van der Waals surface area (Å²) >= 11 is 0. The van der Waals surface area contributed by atoms with E-state index in [1.165, 1.54) is 6.08 Å². The molecule has 1 amide bonds. The van der Waals surface area contributed by atoms with Crippen molar-refractivity contribution < 1.29 is 17.9 Å². The van der Waals surface area contributed by atoms with E-state index in [-0.39, 0.29) is 10.8 Å². The van der Waals surface area contributed by atoms with E-state index < -0.39 is 10.0 Å². The van der Waals surface area contributed by atoms with Crippen LogP contribution in [0.5, 0.6) is 5.88 Å². The molecule has 8 heteroatoms. The average molecular weight is 458 g/mol. The summed E-state index contributed by atoms with van der Waals surface area (Å²) in [5.41, 5.74) is 1.56. The van der Waals surface area contributed by atoms with Crippen molar-refractivity contribution in [3.8, 4) is 5.88 Å². The molecule has 0 radical (unpaired) electrons. The van der Waals surface area contributed by atoms with Gasteiger partial charge in [-0.3, -0.25) is 4.79 Å². The molecule has 0 unspecified atom stereocenters. The van der Waals surface area contributed by atoms with Crippen molar-refractivity contribution in [1.82, 2.24) is 14.6 Å². The molecule has 1 aromatic carbocycles. The van der Waals surface area contributed by atoms with Gasteiger partial charge in [0.25, 0.3) is 0 Å². The maximum atomic E-state index is 12.9. The van der Waals surface area contributed by atoms with Gasteiger partial charge in [0.1, 0.15) is 0 Å². The van der Waals surface area contributed by atoms with Crippen LogP contribution in [0.4, 0.5) is 0 Å². The molecule has 2 heterocycles. The van der Waals surface area contributed by atoms with Crippen LogP contribution in [0.25, 0.3) is 6.08 Å². The zero-order valence-electron chi connectivity index (χ0n) is 18.5. The highest BCUT2D eigenvalue weighted by molar-refractivity contribution is 7.89. The second-order valence-electron chi connectivity index (χ2n) is 7.75. The van der Waals surface area contributed by atoms with Crippen molar-refractivity contribution >= 4 is 22.0 Å². The van der Waals surface area contributed by atoms with E-state index in [0.29, 0.717) is 32.1 Å². The van der Waals surface area contributed by atoms with Gasteiger partial charge in [0, 0.05) is 37.5 Å². The topological polar surface area (TPSA) is 88.6 Å². The summed E-state index contributed by atoms with van der Waals surface area (Å²) in [6, 6.07) is 10.3. The normalized spacial score (nSPS) is 15.4. The second-order valence-corrected chi connectivity index (χ2v) is 9.69. The van der Waals surface area contributed by atoms with E-state index in [1.807, 2.05) is 13.0 Å². The van der Waals surface area contributed by atoms with Crippen LogP contribution in [0.1, 0.15) is 50.2 Å². The Hall–Kier alpha value is -2.71. The Morgan fingerprint density at radius 2 is 1.84 bits per heavy atom. The number of benzene rings is 1. The lowest BCUT2D eigenvalue weighted by Gasteiger charge is -2.19. The molecule has 0 aliphatic carbocycles. The summed E-state index contributed by atoms with van der Waals surface area (Å²) in [6.45, 7) is 4.05. The summed E-state index contributed by atoms with van der Waals surface area (Å²) in [4.78, 5) is 16.7. The van der Waals surface area contributed by atoms with Crippen LogP contribution in [-0.4, -0.2) is 43.3 Å². The van der Waals surface area contributed by atoms with Crippen LogP contribution >= 0.6 is 0 Å². The number of sulfonamides is 1. The number of amides is 1. The molecule has 1 aliphatic heterocycles. The van der Waals surface area contributed by atoms with Crippen LogP contribution in [0.15, 0.2) is 53.6 Å². The van der Waals surface area contributed by atoms with Gasteiger partial charge in [-0.15, -0.1) is 0 Å². The Labute approximate surface area is 190 Å². The lowest BCUT2D eigenvalue weighted by Crippen LogP contribution is -2.31.